The zero-order valence-electron chi connectivity index (χ0n) is 8.06. The number of benzene rings is 1. The molecular weight excluding hydrogens is 194 g/mol. The van der Waals surface area contributed by atoms with Gasteiger partial charge in [0.1, 0.15) is 0 Å². The Kier molecular flexibility index (Phi) is 2.39. The molecule has 5 heteroatoms. The number of para-hydroxylation sites is 2. The molecule has 0 atom stereocenters. The van der Waals surface area contributed by atoms with Crippen molar-refractivity contribution in [2.24, 2.45) is 5.73 Å². The second-order valence-corrected chi connectivity index (χ2v) is 3.22. The third-order valence-electron chi connectivity index (χ3n) is 2.24. The minimum atomic E-state index is -0.609. The van der Waals surface area contributed by atoms with Gasteiger partial charge < -0.3 is 15.3 Å². The van der Waals surface area contributed by atoms with Crippen LogP contribution in [0.15, 0.2) is 33.9 Å². The summed E-state index contributed by atoms with van der Waals surface area (Å²) in [5, 5.41) is 0. The first-order chi connectivity index (χ1) is 7.24. The monoisotopic (exact) mass is 205 g/mol. The number of aromatic nitrogens is 2. The summed E-state index contributed by atoms with van der Waals surface area (Å²) in [6.45, 7) is 0.677. The fourth-order valence-electron chi connectivity index (χ4n) is 1.57. The van der Waals surface area contributed by atoms with Crippen molar-refractivity contribution in [3.8, 4) is 0 Å². The number of hydrogen-bond acceptors (Lipinski definition) is 3. The minimum Gasteiger partial charge on any atom is -0.329 e. The molecule has 0 aliphatic heterocycles. The number of fused-ring (bicyclic) bond motifs is 1. The van der Waals surface area contributed by atoms with Crippen LogP contribution in [0.5, 0.6) is 0 Å². The Morgan fingerprint density at radius 2 is 2.00 bits per heavy atom. The molecule has 0 amide bonds. The van der Waals surface area contributed by atoms with Crippen LogP contribution in [-0.4, -0.2) is 16.1 Å². The number of nitrogens with one attached hydrogen (secondary N) is 1. The summed E-state index contributed by atoms with van der Waals surface area (Å²) in [5.74, 6) is 0. The summed E-state index contributed by atoms with van der Waals surface area (Å²) in [6.07, 6.45) is 0. The fourth-order valence-corrected chi connectivity index (χ4v) is 1.57. The number of H-pyrrole nitrogens is 1. The third-order valence-corrected chi connectivity index (χ3v) is 2.24. The van der Waals surface area contributed by atoms with Crippen LogP contribution in [0.2, 0.25) is 0 Å². The summed E-state index contributed by atoms with van der Waals surface area (Å²) in [4.78, 5) is 25.4. The van der Waals surface area contributed by atoms with Gasteiger partial charge in [0.05, 0.1) is 11.0 Å². The smallest absolute Gasteiger partial charge is 0.316 e. The van der Waals surface area contributed by atoms with Crippen LogP contribution in [0.1, 0.15) is 0 Å². The van der Waals surface area contributed by atoms with Crippen molar-refractivity contribution in [1.82, 2.24) is 9.55 Å². The quantitative estimate of drug-likeness (QED) is 0.657. The first-order valence-electron chi connectivity index (χ1n) is 4.66. The van der Waals surface area contributed by atoms with E-state index in [4.69, 9.17) is 5.73 Å². The number of hydrogen-bond donors (Lipinski definition) is 2. The average molecular weight is 205 g/mol. The van der Waals surface area contributed by atoms with Crippen molar-refractivity contribution >= 4 is 11.0 Å². The van der Waals surface area contributed by atoms with E-state index in [9.17, 15) is 9.59 Å². The van der Waals surface area contributed by atoms with E-state index in [1.54, 1.807) is 18.2 Å². The van der Waals surface area contributed by atoms with Crippen molar-refractivity contribution in [1.29, 1.82) is 0 Å². The molecule has 0 saturated heterocycles. The van der Waals surface area contributed by atoms with Crippen LogP contribution in [0, 0.1) is 0 Å². The molecule has 2 aromatic rings. The van der Waals surface area contributed by atoms with Crippen molar-refractivity contribution in [3.05, 3.63) is 45.0 Å². The van der Waals surface area contributed by atoms with Gasteiger partial charge in [0.2, 0.25) is 0 Å². The Morgan fingerprint density at radius 3 is 2.73 bits per heavy atom. The van der Waals surface area contributed by atoms with Crippen molar-refractivity contribution in [3.63, 3.8) is 0 Å². The number of aromatic amines is 1. The largest absolute Gasteiger partial charge is 0.329 e. The number of nitrogens with two attached hydrogens (primary N) is 1. The second-order valence-electron chi connectivity index (χ2n) is 3.22. The Hall–Kier alpha value is -1.88. The van der Waals surface area contributed by atoms with E-state index in [0.29, 0.717) is 24.1 Å². The van der Waals surface area contributed by atoms with E-state index in [1.807, 2.05) is 6.07 Å². The molecule has 0 fully saturated rings. The van der Waals surface area contributed by atoms with Crippen LogP contribution in [0.4, 0.5) is 0 Å². The summed E-state index contributed by atoms with van der Waals surface area (Å²) in [7, 11) is 0. The normalized spacial score (nSPS) is 10.7. The zero-order valence-corrected chi connectivity index (χ0v) is 8.06. The molecule has 0 radical (unpaired) electrons. The van der Waals surface area contributed by atoms with Gasteiger partial charge in [-0.3, -0.25) is 9.59 Å². The predicted octanol–water partition coefficient (Wildman–Crippen LogP) is -0.351. The second kappa shape index (κ2) is 3.70. The molecule has 2 rings (SSSR count). The lowest BCUT2D eigenvalue weighted by Gasteiger charge is -2.07. The van der Waals surface area contributed by atoms with Gasteiger partial charge in [0.25, 0.3) is 0 Å². The van der Waals surface area contributed by atoms with E-state index >= 15 is 0 Å². The molecule has 15 heavy (non-hydrogen) atoms. The standard InChI is InChI=1S/C10H11N3O2/c11-5-6-13-8-4-2-1-3-7(8)12-9(14)10(13)15/h1-4H,5-6,11H2,(H,12,14). The Bertz CT molecular complexity index is 597. The molecule has 0 aliphatic rings. The van der Waals surface area contributed by atoms with Gasteiger partial charge in [-0.1, -0.05) is 12.1 Å². The lowest BCUT2D eigenvalue weighted by molar-refractivity contribution is 0.696. The molecule has 0 bridgehead atoms. The van der Waals surface area contributed by atoms with E-state index in [2.05, 4.69) is 4.98 Å². The molecule has 0 unspecified atom stereocenters. The predicted molar refractivity (Wildman–Crippen MR) is 57.9 cm³/mol. The zero-order chi connectivity index (χ0) is 10.8. The SMILES string of the molecule is NCCn1c(=O)c(=O)[nH]c2ccccc21. The molecule has 78 valence electrons. The highest BCUT2D eigenvalue weighted by molar-refractivity contribution is 5.74. The van der Waals surface area contributed by atoms with Crippen LogP contribution in [0.3, 0.4) is 0 Å². The first-order valence-corrected chi connectivity index (χ1v) is 4.66. The molecule has 3 N–H and O–H groups in total. The maximum absolute atomic E-state index is 11.5. The molecule has 1 heterocycles. The van der Waals surface area contributed by atoms with Gasteiger partial charge in [-0.15, -0.1) is 0 Å². The van der Waals surface area contributed by atoms with Gasteiger partial charge in [0, 0.05) is 13.1 Å². The summed E-state index contributed by atoms with van der Waals surface area (Å²) in [5.41, 5.74) is 5.58. The van der Waals surface area contributed by atoms with Crippen LogP contribution in [-0.2, 0) is 6.54 Å². The summed E-state index contributed by atoms with van der Waals surface area (Å²) < 4.78 is 1.40. The minimum absolute atomic E-state index is 0.327. The first kappa shape index (κ1) is 9.67. The van der Waals surface area contributed by atoms with Gasteiger partial charge >= 0.3 is 11.1 Å². The van der Waals surface area contributed by atoms with Crippen molar-refractivity contribution in [2.45, 2.75) is 6.54 Å². The number of rotatable bonds is 2. The third kappa shape index (κ3) is 1.57. The topological polar surface area (TPSA) is 80.9 Å². The number of nitrogens with zero attached hydrogens (tertiary/aromatic N) is 1. The fraction of sp³-hybridized carbons (Fsp3) is 0.200. The Morgan fingerprint density at radius 1 is 1.27 bits per heavy atom. The molecule has 5 nitrogen and oxygen atoms in total. The van der Waals surface area contributed by atoms with Gasteiger partial charge in [-0.05, 0) is 12.1 Å². The molecule has 0 spiro atoms. The maximum Gasteiger partial charge on any atom is 0.316 e. The van der Waals surface area contributed by atoms with Gasteiger partial charge in [-0.25, -0.2) is 0 Å². The Labute approximate surface area is 85.2 Å². The average Bonchev–Trinajstić information content (AvgIpc) is 2.25. The van der Waals surface area contributed by atoms with E-state index in [0.717, 1.165) is 0 Å². The molecule has 0 saturated carbocycles. The van der Waals surface area contributed by atoms with Crippen LogP contribution >= 0.6 is 0 Å². The highest BCUT2D eigenvalue weighted by atomic mass is 16.2. The van der Waals surface area contributed by atoms with E-state index in [1.165, 1.54) is 4.57 Å². The molecule has 1 aromatic carbocycles. The molecule has 0 aliphatic carbocycles. The lowest BCUT2D eigenvalue weighted by Crippen LogP contribution is -2.37. The maximum atomic E-state index is 11.5. The summed E-state index contributed by atoms with van der Waals surface area (Å²) in [6, 6.07) is 7.15. The highest BCUT2D eigenvalue weighted by Crippen LogP contribution is 2.06. The highest BCUT2D eigenvalue weighted by Gasteiger charge is 2.05. The molecule has 1 aromatic heterocycles. The van der Waals surface area contributed by atoms with Gasteiger partial charge in [-0.2, -0.15) is 0 Å². The summed E-state index contributed by atoms with van der Waals surface area (Å²) >= 11 is 0. The van der Waals surface area contributed by atoms with E-state index in [-0.39, 0.29) is 0 Å². The van der Waals surface area contributed by atoms with Crippen LogP contribution < -0.4 is 16.9 Å². The molecular formula is C10H11N3O2. The van der Waals surface area contributed by atoms with Crippen molar-refractivity contribution < 1.29 is 0 Å². The van der Waals surface area contributed by atoms with Gasteiger partial charge in [0.15, 0.2) is 0 Å². The van der Waals surface area contributed by atoms with Crippen molar-refractivity contribution in [2.75, 3.05) is 6.54 Å². The van der Waals surface area contributed by atoms with Crippen LogP contribution in [0.25, 0.3) is 11.0 Å². The van der Waals surface area contributed by atoms with E-state index < -0.39 is 11.1 Å². The Balaban J connectivity index is 2.89. The lowest BCUT2D eigenvalue weighted by atomic mass is 10.3.